The molecule has 0 heterocycles. The van der Waals surface area contributed by atoms with Crippen LogP contribution < -0.4 is 0 Å². The third-order valence-electron chi connectivity index (χ3n) is 2.93. The number of rotatable bonds is 6. The van der Waals surface area contributed by atoms with E-state index in [9.17, 15) is 4.39 Å². The van der Waals surface area contributed by atoms with Gasteiger partial charge in [0.1, 0.15) is 5.82 Å². The van der Waals surface area contributed by atoms with Crippen molar-refractivity contribution in [3.8, 4) is 0 Å². The van der Waals surface area contributed by atoms with E-state index in [1.807, 2.05) is 12.1 Å². The summed E-state index contributed by atoms with van der Waals surface area (Å²) in [5, 5.41) is 0. The molecule has 0 aliphatic carbocycles. The molecule has 0 aliphatic rings. The molecule has 0 radical (unpaired) electrons. The summed E-state index contributed by atoms with van der Waals surface area (Å²) in [5.41, 5.74) is 4.02. The molecule has 0 aromatic heterocycles. The van der Waals surface area contributed by atoms with Crippen molar-refractivity contribution in [3.05, 3.63) is 58.9 Å². The van der Waals surface area contributed by atoms with E-state index in [4.69, 9.17) is 0 Å². The zero-order chi connectivity index (χ0) is 13.4. The SMILES string of the molecule is CC(C)=CCCC(C)=CCCc1ccc(F)cc1. The molecule has 98 valence electrons. The molecule has 18 heavy (non-hydrogen) atoms. The summed E-state index contributed by atoms with van der Waals surface area (Å²) in [6, 6.07) is 6.78. The minimum absolute atomic E-state index is 0.160. The Bertz CT molecular complexity index is 406. The Balaban J connectivity index is 2.31. The summed E-state index contributed by atoms with van der Waals surface area (Å²) in [7, 11) is 0. The third kappa shape index (κ3) is 6.39. The van der Waals surface area contributed by atoms with Crippen molar-refractivity contribution in [2.45, 2.75) is 46.5 Å². The summed E-state index contributed by atoms with van der Waals surface area (Å²) >= 11 is 0. The van der Waals surface area contributed by atoms with Gasteiger partial charge < -0.3 is 0 Å². The lowest BCUT2D eigenvalue weighted by atomic mass is 10.1. The van der Waals surface area contributed by atoms with E-state index in [2.05, 4.69) is 32.9 Å². The third-order valence-corrected chi connectivity index (χ3v) is 2.93. The quantitative estimate of drug-likeness (QED) is 0.585. The molecule has 0 saturated carbocycles. The van der Waals surface area contributed by atoms with Gasteiger partial charge in [0.25, 0.3) is 0 Å². The average Bonchev–Trinajstić information content (AvgIpc) is 2.31. The summed E-state index contributed by atoms with van der Waals surface area (Å²) in [6.07, 6.45) is 8.85. The average molecular weight is 246 g/mol. The Hall–Kier alpha value is -1.37. The monoisotopic (exact) mass is 246 g/mol. The molecule has 0 N–H and O–H groups in total. The first-order valence-corrected chi connectivity index (χ1v) is 6.61. The van der Waals surface area contributed by atoms with Crippen molar-refractivity contribution in [2.75, 3.05) is 0 Å². The van der Waals surface area contributed by atoms with Gasteiger partial charge in [0.05, 0.1) is 0 Å². The Morgan fingerprint density at radius 1 is 1.00 bits per heavy atom. The second kappa shape index (κ2) is 7.86. The van der Waals surface area contributed by atoms with Gasteiger partial charge in [-0.05, 0) is 64.2 Å². The van der Waals surface area contributed by atoms with Crippen LogP contribution in [0.4, 0.5) is 4.39 Å². The number of aryl methyl sites for hydroxylation is 1. The van der Waals surface area contributed by atoms with E-state index in [-0.39, 0.29) is 5.82 Å². The van der Waals surface area contributed by atoms with Crippen LogP contribution in [-0.2, 0) is 6.42 Å². The molecule has 0 unspecified atom stereocenters. The van der Waals surface area contributed by atoms with Gasteiger partial charge in [-0.1, -0.05) is 35.4 Å². The summed E-state index contributed by atoms with van der Waals surface area (Å²) in [4.78, 5) is 0. The molecular weight excluding hydrogens is 223 g/mol. The first-order chi connectivity index (χ1) is 8.58. The maximum absolute atomic E-state index is 12.7. The zero-order valence-corrected chi connectivity index (χ0v) is 11.7. The summed E-state index contributed by atoms with van der Waals surface area (Å²) in [6.45, 7) is 6.45. The van der Waals surface area contributed by atoms with Crippen molar-refractivity contribution in [3.63, 3.8) is 0 Å². The molecule has 1 rings (SSSR count). The number of halogens is 1. The summed E-state index contributed by atoms with van der Waals surface area (Å²) in [5.74, 6) is -0.160. The topological polar surface area (TPSA) is 0 Å². The number of hydrogen-bond acceptors (Lipinski definition) is 0. The van der Waals surface area contributed by atoms with Crippen LogP contribution in [-0.4, -0.2) is 0 Å². The van der Waals surface area contributed by atoms with Crippen molar-refractivity contribution < 1.29 is 4.39 Å². The zero-order valence-electron chi connectivity index (χ0n) is 11.7. The Morgan fingerprint density at radius 2 is 1.67 bits per heavy atom. The fraction of sp³-hybridized carbons (Fsp3) is 0.412. The van der Waals surface area contributed by atoms with Gasteiger partial charge in [-0.15, -0.1) is 0 Å². The highest BCUT2D eigenvalue weighted by molar-refractivity contribution is 5.17. The fourth-order valence-electron chi connectivity index (χ4n) is 1.83. The van der Waals surface area contributed by atoms with Crippen LogP contribution in [0.25, 0.3) is 0 Å². The highest BCUT2D eigenvalue weighted by Gasteiger charge is 1.94. The minimum atomic E-state index is -0.160. The number of allylic oxidation sites excluding steroid dienone is 4. The van der Waals surface area contributed by atoms with E-state index < -0.39 is 0 Å². The molecule has 1 aromatic carbocycles. The molecular formula is C17H23F. The second-order valence-corrected chi connectivity index (χ2v) is 5.04. The van der Waals surface area contributed by atoms with Crippen LogP contribution in [0.5, 0.6) is 0 Å². The van der Waals surface area contributed by atoms with Gasteiger partial charge in [-0.25, -0.2) is 4.39 Å². The standard InChI is InChI=1S/C17H23F/c1-14(2)6-4-7-15(3)8-5-9-16-10-12-17(18)13-11-16/h6,8,10-13H,4-5,7,9H2,1-3H3. The maximum atomic E-state index is 12.7. The maximum Gasteiger partial charge on any atom is 0.123 e. The van der Waals surface area contributed by atoms with E-state index in [0.717, 1.165) is 25.7 Å². The molecule has 0 atom stereocenters. The lowest BCUT2D eigenvalue weighted by molar-refractivity contribution is 0.627. The fourth-order valence-corrected chi connectivity index (χ4v) is 1.83. The Labute approximate surface area is 110 Å². The largest absolute Gasteiger partial charge is 0.207 e. The van der Waals surface area contributed by atoms with Crippen LogP contribution in [0, 0.1) is 5.82 Å². The van der Waals surface area contributed by atoms with Gasteiger partial charge in [0.15, 0.2) is 0 Å². The molecule has 1 heteroatoms. The smallest absolute Gasteiger partial charge is 0.123 e. The van der Waals surface area contributed by atoms with Crippen LogP contribution in [0.1, 0.15) is 45.6 Å². The highest BCUT2D eigenvalue weighted by atomic mass is 19.1. The van der Waals surface area contributed by atoms with Crippen molar-refractivity contribution in [1.82, 2.24) is 0 Å². The normalized spacial score (nSPS) is 11.4. The number of hydrogen-bond donors (Lipinski definition) is 0. The Kier molecular flexibility index (Phi) is 6.42. The molecule has 0 aliphatic heterocycles. The van der Waals surface area contributed by atoms with Crippen molar-refractivity contribution in [1.29, 1.82) is 0 Å². The first kappa shape index (κ1) is 14.7. The van der Waals surface area contributed by atoms with E-state index in [1.165, 1.54) is 28.8 Å². The van der Waals surface area contributed by atoms with Gasteiger partial charge in [-0.2, -0.15) is 0 Å². The predicted octanol–water partition coefficient (Wildman–Crippen LogP) is 5.45. The highest BCUT2D eigenvalue weighted by Crippen LogP contribution is 2.10. The van der Waals surface area contributed by atoms with Gasteiger partial charge >= 0.3 is 0 Å². The van der Waals surface area contributed by atoms with Crippen molar-refractivity contribution in [2.24, 2.45) is 0 Å². The minimum Gasteiger partial charge on any atom is -0.207 e. The second-order valence-electron chi connectivity index (χ2n) is 5.04. The van der Waals surface area contributed by atoms with Gasteiger partial charge in [0.2, 0.25) is 0 Å². The molecule has 0 amide bonds. The van der Waals surface area contributed by atoms with Crippen LogP contribution in [0.15, 0.2) is 47.6 Å². The lowest BCUT2D eigenvalue weighted by Crippen LogP contribution is -1.85. The molecule has 0 fully saturated rings. The molecule has 0 spiro atoms. The predicted molar refractivity (Wildman–Crippen MR) is 77.1 cm³/mol. The van der Waals surface area contributed by atoms with Gasteiger partial charge in [0, 0.05) is 0 Å². The first-order valence-electron chi connectivity index (χ1n) is 6.61. The van der Waals surface area contributed by atoms with E-state index in [1.54, 1.807) is 0 Å². The molecule has 0 nitrogen and oxygen atoms in total. The molecule has 0 saturated heterocycles. The van der Waals surface area contributed by atoms with Crippen LogP contribution in [0.2, 0.25) is 0 Å². The van der Waals surface area contributed by atoms with Gasteiger partial charge in [-0.3, -0.25) is 0 Å². The van der Waals surface area contributed by atoms with E-state index in [0.29, 0.717) is 0 Å². The lowest BCUT2D eigenvalue weighted by Gasteiger charge is -2.01. The molecule has 0 bridgehead atoms. The van der Waals surface area contributed by atoms with Crippen molar-refractivity contribution >= 4 is 0 Å². The summed E-state index contributed by atoms with van der Waals surface area (Å²) < 4.78 is 12.7. The van der Waals surface area contributed by atoms with E-state index >= 15 is 0 Å². The van der Waals surface area contributed by atoms with Crippen LogP contribution in [0.3, 0.4) is 0 Å². The van der Waals surface area contributed by atoms with Crippen LogP contribution >= 0.6 is 0 Å². The Morgan fingerprint density at radius 3 is 2.28 bits per heavy atom. The number of benzene rings is 1. The molecule has 1 aromatic rings.